The Kier molecular flexibility index (Phi) is 8.96. The van der Waals surface area contributed by atoms with Crippen molar-refractivity contribution in [1.29, 1.82) is 0 Å². The molecule has 0 bridgehead atoms. The fraction of sp³-hybridized carbons (Fsp3) is 0.583. The number of fused-ring (bicyclic) bond motifs is 1. The number of ether oxygens (including phenoxy) is 1. The number of aliphatic hydroxyl groups excluding tert-OH is 1. The molecule has 1 aliphatic heterocycles. The monoisotopic (exact) mass is 457 g/mol. The molecular weight excluding hydrogens is 422 g/mol. The second-order valence-corrected chi connectivity index (χ2v) is 8.89. The number of benzene rings is 1. The molecular formula is C24H35N5O4. The Morgan fingerprint density at radius 1 is 1.33 bits per heavy atom. The second-order valence-electron chi connectivity index (χ2n) is 8.89. The summed E-state index contributed by atoms with van der Waals surface area (Å²) in [4.78, 5) is 29.2. The van der Waals surface area contributed by atoms with Gasteiger partial charge < -0.3 is 19.6 Å². The molecule has 1 aromatic heterocycles. The molecule has 1 aliphatic rings. The van der Waals surface area contributed by atoms with Gasteiger partial charge in [-0.05, 0) is 18.9 Å². The largest absolute Gasteiger partial charge is 0.394 e. The summed E-state index contributed by atoms with van der Waals surface area (Å²) in [6, 6.07) is 9.36. The van der Waals surface area contributed by atoms with Crippen LogP contribution < -0.4 is 0 Å². The van der Waals surface area contributed by atoms with Crippen LogP contribution in [0.3, 0.4) is 0 Å². The molecule has 0 saturated carbocycles. The maximum atomic E-state index is 12.9. The Labute approximate surface area is 195 Å². The molecule has 1 aromatic carbocycles. The molecule has 0 aliphatic carbocycles. The van der Waals surface area contributed by atoms with Crippen LogP contribution in [-0.4, -0.2) is 80.6 Å². The summed E-state index contributed by atoms with van der Waals surface area (Å²) < 4.78 is 8.05. The summed E-state index contributed by atoms with van der Waals surface area (Å²) in [7, 11) is 1.78. The van der Waals surface area contributed by atoms with Gasteiger partial charge in [0.25, 0.3) is 0 Å². The van der Waals surface area contributed by atoms with E-state index in [2.05, 4.69) is 10.3 Å². The maximum Gasteiger partial charge on any atom is 0.226 e. The second kappa shape index (κ2) is 11.9. The molecule has 3 rings (SSSR count). The summed E-state index contributed by atoms with van der Waals surface area (Å²) in [6.45, 7) is 5.50. The highest BCUT2D eigenvalue weighted by Gasteiger charge is 2.29. The van der Waals surface area contributed by atoms with Crippen molar-refractivity contribution >= 4 is 11.8 Å². The molecule has 0 unspecified atom stereocenters. The molecule has 9 heteroatoms. The van der Waals surface area contributed by atoms with Crippen molar-refractivity contribution in [3.8, 4) is 0 Å². The van der Waals surface area contributed by atoms with Crippen molar-refractivity contribution in [2.45, 2.75) is 58.4 Å². The van der Waals surface area contributed by atoms with Gasteiger partial charge in [0.15, 0.2) is 0 Å². The predicted octanol–water partition coefficient (Wildman–Crippen LogP) is 1.50. The minimum absolute atomic E-state index is 0.00195. The number of hydrogen-bond acceptors (Lipinski definition) is 6. The number of carbonyl (C=O) groups excluding carboxylic acids is 2. The standard InChI is InChI=1S/C24H35N5O4/c1-18-14-28(19(2)16-30)23(31)10-7-11-29-21(13-25-26-29)17-33-22(18)15-27(3)24(32)12-20-8-5-4-6-9-20/h4-6,8-9,13,18-19,22,30H,7,10-12,14-17H2,1-3H3/t18-,19-,22-/m1/s1. The molecule has 0 spiro atoms. The van der Waals surface area contributed by atoms with Gasteiger partial charge in [0, 0.05) is 39.0 Å². The number of aromatic nitrogens is 3. The van der Waals surface area contributed by atoms with Crippen LogP contribution >= 0.6 is 0 Å². The average molecular weight is 458 g/mol. The fourth-order valence-corrected chi connectivity index (χ4v) is 4.02. The topological polar surface area (TPSA) is 101 Å². The SMILES string of the molecule is C[C@@H]1CN([C@H](C)CO)C(=O)CCCn2nncc2CO[C@@H]1CN(C)C(=O)Cc1ccccc1. The summed E-state index contributed by atoms with van der Waals surface area (Å²) in [6.07, 6.45) is 2.70. The Hall–Kier alpha value is -2.78. The van der Waals surface area contributed by atoms with Gasteiger partial charge in [-0.15, -0.1) is 5.10 Å². The van der Waals surface area contributed by atoms with Crippen LogP contribution in [0.1, 0.15) is 37.9 Å². The van der Waals surface area contributed by atoms with E-state index in [0.717, 1.165) is 11.3 Å². The van der Waals surface area contributed by atoms with Crippen LogP contribution in [-0.2, 0) is 33.9 Å². The number of aliphatic hydroxyl groups is 1. The van der Waals surface area contributed by atoms with Gasteiger partial charge in [-0.25, -0.2) is 4.68 Å². The van der Waals surface area contributed by atoms with Crippen LogP contribution in [0.4, 0.5) is 0 Å². The van der Waals surface area contributed by atoms with E-state index < -0.39 is 0 Å². The zero-order valence-electron chi connectivity index (χ0n) is 19.8. The third-order valence-corrected chi connectivity index (χ3v) is 6.22. The first-order valence-electron chi connectivity index (χ1n) is 11.6. The molecule has 0 saturated heterocycles. The fourth-order valence-electron chi connectivity index (χ4n) is 4.02. The lowest BCUT2D eigenvalue weighted by atomic mass is 10.0. The molecule has 0 fully saturated rings. The van der Waals surface area contributed by atoms with Crippen molar-refractivity contribution in [3.63, 3.8) is 0 Å². The van der Waals surface area contributed by atoms with Crippen LogP contribution in [0, 0.1) is 5.92 Å². The zero-order chi connectivity index (χ0) is 23.8. The smallest absolute Gasteiger partial charge is 0.226 e. The molecule has 1 N–H and O–H groups in total. The Bertz CT molecular complexity index is 903. The highest BCUT2D eigenvalue weighted by molar-refractivity contribution is 5.78. The molecule has 180 valence electrons. The number of rotatable bonds is 6. The summed E-state index contributed by atoms with van der Waals surface area (Å²) >= 11 is 0. The third-order valence-electron chi connectivity index (χ3n) is 6.22. The lowest BCUT2D eigenvalue weighted by molar-refractivity contribution is -0.138. The van der Waals surface area contributed by atoms with Crippen molar-refractivity contribution in [2.24, 2.45) is 5.92 Å². The van der Waals surface area contributed by atoms with Gasteiger partial charge in [-0.2, -0.15) is 0 Å². The highest BCUT2D eigenvalue weighted by atomic mass is 16.5. The van der Waals surface area contributed by atoms with Gasteiger partial charge in [-0.1, -0.05) is 42.5 Å². The summed E-state index contributed by atoms with van der Waals surface area (Å²) in [5, 5.41) is 17.8. The van der Waals surface area contributed by atoms with Gasteiger partial charge in [0.2, 0.25) is 11.8 Å². The molecule has 2 amide bonds. The molecule has 2 aromatic rings. The van der Waals surface area contributed by atoms with Gasteiger partial charge in [-0.3, -0.25) is 9.59 Å². The quantitative estimate of drug-likeness (QED) is 0.706. The third kappa shape index (κ3) is 6.85. The van der Waals surface area contributed by atoms with Crippen LogP contribution in [0.25, 0.3) is 0 Å². The number of aryl methyl sites for hydroxylation is 1. The summed E-state index contributed by atoms with van der Waals surface area (Å²) in [5.41, 5.74) is 1.81. The van der Waals surface area contributed by atoms with E-state index in [1.807, 2.05) is 44.2 Å². The van der Waals surface area contributed by atoms with Crippen molar-refractivity contribution in [3.05, 3.63) is 47.8 Å². The Balaban J connectivity index is 1.76. The number of likely N-dealkylation sites (N-methyl/N-ethyl adjacent to an activating group) is 1. The van der Waals surface area contributed by atoms with Crippen molar-refractivity contribution < 1.29 is 19.4 Å². The van der Waals surface area contributed by atoms with Crippen molar-refractivity contribution in [2.75, 3.05) is 26.7 Å². The lowest BCUT2D eigenvalue weighted by Gasteiger charge is -2.35. The van der Waals surface area contributed by atoms with E-state index in [-0.39, 0.29) is 36.5 Å². The van der Waals surface area contributed by atoms with E-state index >= 15 is 0 Å². The first kappa shape index (κ1) is 24.9. The first-order chi connectivity index (χ1) is 15.9. The molecule has 3 atom stereocenters. The minimum atomic E-state index is -0.307. The van der Waals surface area contributed by atoms with Crippen LogP contribution in [0.15, 0.2) is 36.5 Å². The predicted molar refractivity (Wildman–Crippen MR) is 123 cm³/mol. The normalized spacial score (nSPS) is 21.0. The molecule has 2 heterocycles. The van der Waals surface area contributed by atoms with E-state index in [9.17, 15) is 14.7 Å². The van der Waals surface area contributed by atoms with E-state index in [0.29, 0.717) is 45.5 Å². The van der Waals surface area contributed by atoms with Crippen LogP contribution in [0.2, 0.25) is 0 Å². The Morgan fingerprint density at radius 3 is 2.82 bits per heavy atom. The molecule has 0 radical (unpaired) electrons. The molecule has 33 heavy (non-hydrogen) atoms. The maximum absolute atomic E-state index is 12.9. The van der Waals surface area contributed by atoms with E-state index in [1.165, 1.54) is 0 Å². The Morgan fingerprint density at radius 2 is 2.09 bits per heavy atom. The lowest BCUT2D eigenvalue weighted by Crippen LogP contribution is -2.48. The van der Waals surface area contributed by atoms with Gasteiger partial charge >= 0.3 is 0 Å². The van der Waals surface area contributed by atoms with Gasteiger partial charge in [0.1, 0.15) is 0 Å². The van der Waals surface area contributed by atoms with E-state index in [4.69, 9.17) is 4.74 Å². The minimum Gasteiger partial charge on any atom is -0.394 e. The number of carbonyl (C=O) groups is 2. The first-order valence-corrected chi connectivity index (χ1v) is 11.6. The number of hydrogen-bond donors (Lipinski definition) is 1. The zero-order valence-corrected chi connectivity index (χ0v) is 19.8. The average Bonchev–Trinajstić information content (AvgIpc) is 3.26. The highest BCUT2D eigenvalue weighted by Crippen LogP contribution is 2.18. The van der Waals surface area contributed by atoms with Crippen LogP contribution in [0.5, 0.6) is 0 Å². The van der Waals surface area contributed by atoms with E-state index in [1.54, 1.807) is 27.7 Å². The van der Waals surface area contributed by atoms with Crippen molar-refractivity contribution in [1.82, 2.24) is 24.8 Å². The molecule has 9 nitrogen and oxygen atoms in total. The summed E-state index contributed by atoms with van der Waals surface area (Å²) in [5.74, 6) is -0.0527. The van der Waals surface area contributed by atoms with Gasteiger partial charge in [0.05, 0.1) is 43.7 Å². The number of nitrogens with zero attached hydrogens (tertiary/aromatic N) is 5. The number of amides is 2.